The zero-order valence-electron chi connectivity index (χ0n) is 18.5. The summed E-state index contributed by atoms with van der Waals surface area (Å²) in [5.41, 5.74) is 1.49. The van der Waals surface area contributed by atoms with E-state index >= 15 is 0 Å². The molecule has 0 radical (unpaired) electrons. The molecule has 3 aromatic carbocycles. The van der Waals surface area contributed by atoms with Crippen LogP contribution < -0.4 is 16.0 Å². The summed E-state index contributed by atoms with van der Waals surface area (Å²) in [4.78, 5) is 37.3. The zero-order chi connectivity index (χ0) is 25.0. The van der Waals surface area contributed by atoms with E-state index in [9.17, 15) is 27.6 Å². The minimum atomic E-state index is -4.52. The molecule has 9 heteroatoms. The van der Waals surface area contributed by atoms with Crippen molar-refractivity contribution in [3.05, 3.63) is 89.5 Å². The van der Waals surface area contributed by atoms with E-state index in [0.29, 0.717) is 18.5 Å². The van der Waals surface area contributed by atoms with Crippen LogP contribution in [0.3, 0.4) is 0 Å². The highest BCUT2D eigenvalue weighted by molar-refractivity contribution is 6.05. The predicted molar refractivity (Wildman–Crippen MR) is 126 cm³/mol. The molecule has 0 bridgehead atoms. The van der Waals surface area contributed by atoms with E-state index in [1.807, 2.05) is 24.3 Å². The number of carbonyl (C=O) groups excluding carboxylic acids is 3. The number of fused-ring (bicyclic) bond motifs is 1. The standard InChI is InChI=1S/C26H22F3N3O3/c27-26(28,29)19-7-4-9-21(15-19)31-24(34)17-6-3-8-20(14-17)30-23(33)12-11-18-13-16-5-1-2-10-22(16)32-25(18)35/h1-10,14-15,18H,11-13H2,(H,30,33)(H,31,34)(H,32,35)/t18-/m1/s1. The summed E-state index contributed by atoms with van der Waals surface area (Å²) in [6.45, 7) is 0. The highest BCUT2D eigenvalue weighted by Crippen LogP contribution is 2.31. The molecule has 6 nitrogen and oxygen atoms in total. The number of hydrogen-bond acceptors (Lipinski definition) is 3. The summed E-state index contributed by atoms with van der Waals surface area (Å²) in [7, 11) is 0. The normalized spacial score (nSPS) is 15.1. The van der Waals surface area contributed by atoms with Crippen LogP contribution in [0.4, 0.5) is 30.2 Å². The number of nitrogens with one attached hydrogen (secondary N) is 3. The second kappa shape index (κ2) is 10.0. The molecule has 180 valence electrons. The number of rotatable bonds is 6. The molecule has 35 heavy (non-hydrogen) atoms. The second-order valence-electron chi connectivity index (χ2n) is 8.25. The lowest BCUT2D eigenvalue weighted by Crippen LogP contribution is -2.30. The number of benzene rings is 3. The molecule has 0 saturated heterocycles. The van der Waals surface area contributed by atoms with Crippen LogP contribution in [0.25, 0.3) is 0 Å². The van der Waals surface area contributed by atoms with Crippen LogP contribution in [-0.2, 0) is 22.2 Å². The van der Waals surface area contributed by atoms with Crippen molar-refractivity contribution in [2.75, 3.05) is 16.0 Å². The Morgan fingerprint density at radius 2 is 1.63 bits per heavy atom. The third kappa shape index (κ3) is 6.06. The molecule has 1 aliphatic rings. The molecule has 1 atom stereocenters. The van der Waals surface area contributed by atoms with Gasteiger partial charge in [-0.2, -0.15) is 13.2 Å². The van der Waals surface area contributed by atoms with Crippen LogP contribution in [0.1, 0.15) is 34.3 Å². The van der Waals surface area contributed by atoms with Crippen molar-refractivity contribution in [1.29, 1.82) is 0 Å². The van der Waals surface area contributed by atoms with Crippen LogP contribution in [0.5, 0.6) is 0 Å². The molecule has 0 fully saturated rings. The maximum absolute atomic E-state index is 12.9. The molecule has 0 unspecified atom stereocenters. The lowest BCUT2D eigenvalue weighted by atomic mass is 9.89. The van der Waals surface area contributed by atoms with Crippen molar-refractivity contribution >= 4 is 34.8 Å². The fourth-order valence-electron chi connectivity index (χ4n) is 3.89. The van der Waals surface area contributed by atoms with Gasteiger partial charge in [-0.05, 0) is 60.9 Å². The van der Waals surface area contributed by atoms with Gasteiger partial charge < -0.3 is 16.0 Å². The van der Waals surface area contributed by atoms with Gasteiger partial charge in [0.15, 0.2) is 0 Å². The summed E-state index contributed by atoms with van der Waals surface area (Å²) in [5.74, 6) is -1.37. The number of carbonyl (C=O) groups is 3. The molecule has 0 aromatic heterocycles. The van der Waals surface area contributed by atoms with Crippen LogP contribution >= 0.6 is 0 Å². The molecule has 3 aromatic rings. The van der Waals surface area contributed by atoms with E-state index in [4.69, 9.17) is 0 Å². The SMILES string of the molecule is O=C(CC[C@@H]1Cc2ccccc2NC1=O)Nc1cccc(C(=O)Nc2cccc(C(F)(F)F)c2)c1. The molecule has 3 N–H and O–H groups in total. The van der Waals surface area contributed by atoms with Gasteiger partial charge in [0.25, 0.3) is 5.91 Å². The highest BCUT2D eigenvalue weighted by Gasteiger charge is 2.30. The van der Waals surface area contributed by atoms with Crippen molar-refractivity contribution in [3.8, 4) is 0 Å². The average Bonchev–Trinajstić information content (AvgIpc) is 2.82. The lowest BCUT2D eigenvalue weighted by molar-refractivity contribution is -0.137. The Morgan fingerprint density at radius 3 is 2.40 bits per heavy atom. The topological polar surface area (TPSA) is 87.3 Å². The minimum Gasteiger partial charge on any atom is -0.326 e. The van der Waals surface area contributed by atoms with E-state index in [1.54, 1.807) is 12.1 Å². The molecule has 3 amide bonds. The van der Waals surface area contributed by atoms with Gasteiger partial charge in [0.2, 0.25) is 11.8 Å². The van der Waals surface area contributed by atoms with Crippen LogP contribution in [-0.4, -0.2) is 17.7 Å². The molecular formula is C26H22F3N3O3. The molecule has 1 aliphatic heterocycles. The Hall–Kier alpha value is -4.14. The third-order valence-corrected chi connectivity index (χ3v) is 5.69. The average molecular weight is 481 g/mol. The summed E-state index contributed by atoms with van der Waals surface area (Å²) in [6.07, 6.45) is -3.49. The fraction of sp³-hybridized carbons (Fsp3) is 0.192. The van der Waals surface area contributed by atoms with E-state index in [2.05, 4.69) is 16.0 Å². The molecular weight excluding hydrogens is 459 g/mol. The quantitative estimate of drug-likeness (QED) is 0.435. The Kier molecular flexibility index (Phi) is 6.86. The number of halogens is 3. The van der Waals surface area contributed by atoms with Gasteiger partial charge in [0.1, 0.15) is 0 Å². The largest absolute Gasteiger partial charge is 0.416 e. The molecule has 0 spiro atoms. The molecule has 4 rings (SSSR count). The van der Waals surface area contributed by atoms with Gasteiger partial charge in [-0.15, -0.1) is 0 Å². The number of alkyl halides is 3. The zero-order valence-corrected chi connectivity index (χ0v) is 18.5. The first-order valence-corrected chi connectivity index (χ1v) is 11.0. The van der Waals surface area contributed by atoms with E-state index in [1.165, 1.54) is 24.3 Å². The summed E-state index contributed by atoms with van der Waals surface area (Å²) in [6, 6.07) is 17.9. The number of amides is 3. The summed E-state index contributed by atoms with van der Waals surface area (Å²) < 4.78 is 38.7. The summed E-state index contributed by atoms with van der Waals surface area (Å²) in [5, 5.41) is 8.00. The predicted octanol–water partition coefficient (Wildman–Crippen LogP) is 5.49. The van der Waals surface area contributed by atoms with Crippen molar-refractivity contribution in [1.82, 2.24) is 0 Å². The lowest BCUT2D eigenvalue weighted by Gasteiger charge is -2.24. The number of anilines is 3. The Labute approximate surface area is 199 Å². The second-order valence-corrected chi connectivity index (χ2v) is 8.25. The maximum atomic E-state index is 12.9. The molecule has 0 aliphatic carbocycles. The smallest absolute Gasteiger partial charge is 0.326 e. The Bertz CT molecular complexity index is 1270. The van der Waals surface area contributed by atoms with Crippen LogP contribution in [0.15, 0.2) is 72.8 Å². The first-order chi connectivity index (χ1) is 16.7. The number of hydrogen-bond donors (Lipinski definition) is 3. The van der Waals surface area contributed by atoms with Crippen molar-refractivity contribution in [2.45, 2.75) is 25.4 Å². The van der Waals surface area contributed by atoms with E-state index < -0.39 is 17.6 Å². The van der Waals surface area contributed by atoms with Crippen molar-refractivity contribution in [2.24, 2.45) is 5.92 Å². The fourth-order valence-corrected chi connectivity index (χ4v) is 3.89. The van der Waals surface area contributed by atoms with Crippen LogP contribution in [0, 0.1) is 5.92 Å². The van der Waals surface area contributed by atoms with E-state index in [0.717, 1.165) is 23.4 Å². The van der Waals surface area contributed by atoms with Crippen molar-refractivity contribution < 1.29 is 27.6 Å². The van der Waals surface area contributed by atoms with Gasteiger partial charge in [-0.25, -0.2) is 0 Å². The summed E-state index contributed by atoms with van der Waals surface area (Å²) >= 11 is 0. The van der Waals surface area contributed by atoms with Gasteiger partial charge in [0.05, 0.1) is 5.56 Å². The number of para-hydroxylation sites is 1. The minimum absolute atomic E-state index is 0.00611. The van der Waals surface area contributed by atoms with Crippen molar-refractivity contribution in [3.63, 3.8) is 0 Å². The van der Waals surface area contributed by atoms with Crippen LogP contribution in [0.2, 0.25) is 0 Å². The Morgan fingerprint density at radius 1 is 0.914 bits per heavy atom. The third-order valence-electron chi connectivity index (χ3n) is 5.69. The van der Waals surface area contributed by atoms with E-state index in [-0.39, 0.29) is 35.4 Å². The molecule has 0 saturated carbocycles. The van der Waals surface area contributed by atoms with Gasteiger partial charge in [0, 0.05) is 35.0 Å². The monoisotopic (exact) mass is 481 g/mol. The van der Waals surface area contributed by atoms with Gasteiger partial charge in [-0.3, -0.25) is 14.4 Å². The maximum Gasteiger partial charge on any atom is 0.416 e. The first-order valence-electron chi connectivity index (χ1n) is 11.0. The first kappa shape index (κ1) is 24.0. The van der Waals surface area contributed by atoms with Gasteiger partial charge in [-0.1, -0.05) is 30.3 Å². The highest BCUT2D eigenvalue weighted by atomic mass is 19.4. The molecule has 1 heterocycles. The Balaban J connectivity index is 1.34. The van der Waals surface area contributed by atoms with Gasteiger partial charge >= 0.3 is 6.18 Å².